The summed E-state index contributed by atoms with van der Waals surface area (Å²) < 4.78 is 13.2. The summed E-state index contributed by atoms with van der Waals surface area (Å²) in [4.78, 5) is 14.3. The van der Waals surface area contributed by atoms with Gasteiger partial charge in [0.05, 0.1) is 6.07 Å². The van der Waals surface area contributed by atoms with Gasteiger partial charge in [0, 0.05) is 24.6 Å². The van der Waals surface area contributed by atoms with Crippen molar-refractivity contribution in [1.29, 1.82) is 5.26 Å². The van der Waals surface area contributed by atoms with Crippen LogP contribution in [-0.4, -0.2) is 10.8 Å². The van der Waals surface area contributed by atoms with E-state index in [-0.39, 0.29) is 24.2 Å². The lowest BCUT2D eigenvalue weighted by Gasteiger charge is -2.33. The van der Waals surface area contributed by atoms with Crippen molar-refractivity contribution >= 4 is 5.78 Å². The second kappa shape index (κ2) is 2.88. The Morgan fingerprint density at radius 2 is 2.29 bits per heavy atom. The molecule has 1 aromatic heterocycles. The van der Waals surface area contributed by atoms with Crippen molar-refractivity contribution in [2.24, 2.45) is 0 Å². The van der Waals surface area contributed by atoms with Crippen LogP contribution in [0.1, 0.15) is 18.4 Å². The highest BCUT2D eigenvalue weighted by atomic mass is 19.1. The van der Waals surface area contributed by atoms with E-state index in [1.54, 1.807) is 6.07 Å². The number of pyridine rings is 1. The third kappa shape index (κ3) is 1.10. The summed E-state index contributed by atoms with van der Waals surface area (Å²) in [6.45, 7) is 0. The number of aromatic nitrogens is 1. The highest BCUT2D eigenvalue weighted by molar-refractivity contribution is 5.90. The Kier molecular flexibility index (Phi) is 1.81. The molecule has 0 aliphatic heterocycles. The summed E-state index contributed by atoms with van der Waals surface area (Å²) in [7, 11) is 0. The van der Waals surface area contributed by atoms with Gasteiger partial charge < -0.3 is 0 Å². The Labute approximate surface area is 80.2 Å². The van der Waals surface area contributed by atoms with Crippen molar-refractivity contribution in [3.05, 3.63) is 29.8 Å². The van der Waals surface area contributed by atoms with Crippen LogP contribution in [0.2, 0.25) is 0 Å². The summed E-state index contributed by atoms with van der Waals surface area (Å²) >= 11 is 0. The monoisotopic (exact) mass is 190 g/mol. The second-order valence-electron chi connectivity index (χ2n) is 3.43. The third-order valence-corrected chi connectivity index (χ3v) is 2.49. The Balaban J connectivity index is 2.45. The highest BCUT2D eigenvalue weighted by Gasteiger charge is 2.47. The van der Waals surface area contributed by atoms with Crippen LogP contribution in [0.4, 0.5) is 4.39 Å². The van der Waals surface area contributed by atoms with E-state index < -0.39 is 11.4 Å². The molecule has 4 heteroatoms. The van der Waals surface area contributed by atoms with Crippen molar-refractivity contribution in [2.75, 3.05) is 0 Å². The Bertz CT molecular complexity index is 428. The van der Waals surface area contributed by atoms with Crippen LogP contribution in [-0.2, 0) is 10.2 Å². The number of hydrogen-bond acceptors (Lipinski definition) is 3. The number of nitrogens with zero attached hydrogens (tertiary/aromatic N) is 2. The molecule has 0 N–H and O–H groups in total. The molecule has 70 valence electrons. The standard InChI is InChI=1S/C10H7FN2O/c11-9-8(2-1-3-13-9)10(6-12)4-7(14)5-10/h1-3H,4-5H2. The van der Waals surface area contributed by atoms with Gasteiger partial charge in [0.25, 0.3) is 0 Å². The van der Waals surface area contributed by atoms with Gasteiger partial charge in [0.15, 0.2) is 0 Å². The van der Waals surface area contributed by atoms with Gasteiger partial charge in [-0.2, -0.15) is 9.65 Å². The van der Waals surface area contributed by atoms with E-state index in [9.17, 15) is 9.18 Å². The molecule has 2 rings (SSSR count). The Hall–Kier alpha value is -1.76. The van der Waals surface area contributed by atoms with Crippen LogP contribution in [0.25, 0.3) is 0 Å². The SMILES string of the molecule is N#CC1(c2cccnc2F)CC(=O)C1. The van der Waals surface area contributed by atoms with Gasteiger partial charge in [-0.25, -0.2) is 4.98 Å². The lowest BCUT2D eigenvalue weighted by atomic mass is 9.65. The number of carbonyl (C=O) groups excluding carboxylic acids is 1. The number of nitriles is 1. The van der Waals surface area contributed by atoms with Gasteiger partial charge in [-0.1, -0.05) is 6.07 Å². The van der Waals surface area contributed by atoms with E-state index >= 15 is 0 Å². The van der Waals surface area contributed by atoms with Gasteiger partial charge in [-0.3, -0.25) is 4.79 Å². The first-order valence-corrected chi connectivity index (χ1v) is 4.22. The van der Waals surface area contributed by atoms with E-state index in [4.69, 9.17) is 5.26 Å². The molecular formula is C10H7FN2O. The molecule has 1 aliphatic carbocycles. The molecular weight excluding hydrogens is 183 g/mol. The fourth-order valence-corrected chi connectivity index (χ4v) is 1.69. The molecule has 0 amide bonds. The molecule has 0 aromatic carbocycles. The molecule has 0 saturated heterocycles. The quantitative estimate of drug-likeness (QED) is 0.628. The number of carbonyl (C=O) groups is 1. The molecule has 0 unspecified atom stereocenters. The van der Waals surface area contributed by atoms with Gasteiger partial charge in [-0.15, -0.1) is 0 Å². The average molecular weight is 190 g/mol. The fourth-order valence-electron chi connectivity index (χ4n) is 1.69. The molecule has 1 aliphatic rings. The molecule has 3 nitrogen and oxygen atoms in total. The topological polar surface area (TPSA) is 53.8 Å². The number of hydrogen-bond donors (Lipinski definition) is 0. The van der Waals surface area contributed by atoms with Crippen molar-refractivity contribution in [3.8, 4) is 6.07 Å². The van der Waals surface area contributed by atoms with Crippen LogP contribution in [0.15, 0.2) is 18.3 Å². The minimum atomic E-state index is -0.963. The maximum Gasteiger partial charge on any atom is 0.217 e. The molecule has 14 heavy (non-hydrogen) atoms. The predicted octanol–water partition coefficient (Wildman–Crippen LogP) is 1.34. The van der Waals surface area contributed by atoms with E-state index in [1.165, 1.54) is 12.3 Å². The maximum absolute atomic E-state index is 13.2. The zero-order valence-electron chi connectivity index (χ0n) is 7.33. The lowest BCUT2D eigenvalue weighted by Crippen LogP contribution is -2.41. The minimum Gasteiger partial charge on any atom is -0.300 e. The first kappa shape index (κ1) is 8.82. The van der Waals surface area contributed by atoms with Crippen molar-refractivity contribution in [1.82, 2.24) is 4.98 Å². The van der Waals surface area contributed by atoms with Crippen LogP contribution in [0, 0.1) is 17.3 Å². The molecule has 1 fully saturated rings. The first-order valence-electron chi connectivity index (χ1n) is 4.22. The smallest absolute Gasteiger partial charge is 0.217 e. The van der Waals surface area contributed by atoms with E-state index in [0.717, 1.165) is 0 Å². The fraction of sp³-hybridized carbons (Fsp3) is 0.300. The molecule has 0 spiro atoms. The summed E-state index contributed by atoms with van der Waals surface area (Å²) in [5.41, 5.74) is -0.725. The van der Waals surface area contributed by atoms with Crippen LogP contribution >= 0.6 is 0 Å². The Morgan fingerprint density at radius 1 is 1.57 bits per heavy atom. The molecule has 1 saturated carbocycles. The molecule has 1 aromatic rings. The zero-order chi connectivity index (χ0) is 10.2. The van der Waals surface area contributed by atoms with Gasteiger partial charge in [0.1, 0.15) is 11.2 Å². The minimum absolute atomic E-state index is 0.00481. The lowest BCUT2D eigenvalue weighted by molar-refractivity contribution is -0.126. The molecule has 0 radical (unpaired) electrons. The van der Waals surface area contributed by atoms with E-state index in [2.05, 4.69) is 4.98 Å². The Morgan fingerprint density at radius 3 is 2.79 bits per heavy atom. The predicted molar refractivity (Wildman–Crippen MR) is 45.7 cm³/mol. The summed E-state index contributed by atoms with van der Waals surface area (Å²) in [5.74, 6) is -0.656. The molecule has 0 atom stereocenters. The molecule has 0 bridgehead atoms. The van der Waals surface area contributed by atoms with Gasteiger partial charge in [-0.05, 0) is 6.07 Å². The van der Waals surface area contributed by atoms with Gasteiger partial charge >= 0.3 is 0 Å². The maximum atomic E-state index is 13.2. The van der Waals surface area contributed by atoms with Crippen LogP contribution < -0.4 is 0 Å². The highest BCUT2D eigenvalue weighted by Crippen LogP contribution is 2.41. The van der Waals surface area contributed by atoms with Gasteiger partial charge in [0.2, 0.25) is 5.95 Å². The number of rotatable bonds is 1. The van der Waals surface area contributed by atoms with E-state index in [1.807, 2.05) is 6.07 Å². The normalized spacial score (nSPS) is 18.4. The van der Waals surface area contributed by atoms with Crippen LogP contribution in [0.3, 0.4) is 0 Å². The third-order valence-electron chi connectivity index (χ3n) is 2.49. The van der Waals surface area contributed by atoms with Crippen LogP contribution in [0.5, 0.6) is 0 Å². The van der Waals surface area contributed by atoms with Crippen molar-refractivity contribution in [2.45, 2.75) is 18.3 Å². The van der Waals surface area contributed by atoms with Crippen molar-refractivity contribution < 1.29 is 9.18 Å². The first-order chi connectivity index (χ1) is 6.68. The number of Topliss-reactive ketones (excluding diaryl/α,β-unsaturated/α-hetero) is 1. The average Bonchev–Trinajstić information content (AvgIpc) is 2.14. The molecule has 1 heterocycles. The number of ketones is 1. The second-order valence-corrected chi connectivity index (χ2v) is 3.43. The largest absolute Gasteiger partial charge is 0.300 e. The van der Waals surface area contributed by atoms with Crippen molar-refractivity contribution in [3.63, 3.8) is 0 Å². The summed E-state index contributed by atoms with van der Waals surface area (Å²) in [6, 6.07) is 5.08. The number of halogens is 1. The van der Waals surface area contributed by atoms with E-state index in [0.29, 0.717) is 0 Å². The summed E-state index contributed by atoms with van der Waals surface area (Å²) in [5, 5.41) is 8.94. The zero-order valence-corrected chi connectivity index (χ0v) is 7.33. The summed E-state index contributed by atoms with van der Waals surface area (Å²) in [6.07, 6.45) is 1.53.